The first-order chi connectivity index (χ1) is 7.79. The first-order valence-electron chi connectivity index (χ1n) is 5.34. The van der Waals surface area contributed by atoms with Crippen molar-refractivity contribution in [3.8, 4) is 11.3 Å². The Hall–Kier alpha value is -1.68. The van der Waals surface area contributed by atoms with Crippen LogP contribution in [0.1, 0.15) is 12.6 Å². The van der Waals surface area contributed by atoms with E-state index in [1.165, 1.54) is 0 Å². The van der Waals surface area contributed by atoms with Gasteiger partial charge in [0.1, 0.15) is 0 Å². The van der Waals surface area contributed by atoms with Crippen LogP contribution in [0.25, 0.3) is 11.3 Å². The van der Waals surface area contributed by atoms with Crippen LogP contribution in [0.2, 0.25) is 0 Å². The van der Waals surface area contributed by atoms with E-state index in [0.717, 1.165) is 30.1 Å². The van der Waals surface area contributed by atoms with Crippen LogP contribution in [0.5, 0.6) is 0 Å². The van der Waals surface area contributed by atoms with Crippen molar-refractivity contribution < 1.29 is 4.52 Å². The third-order valence-corrected chi connectivity index (χ3v) is 2.50. The lowest BCUT2D eigenvalue weighted by atomic mass is 10.2. The molecule has 0 amide bonds. The lowest BCUT2D eigenvalue weighted by Crippen LogP contribution is -2.16. The monoisotopic (exact) mass is 217 g/mol. The van der Waals surface area contributed by atoms with Crippen molar-refractivity contribution in [1.29, 1.82) is 0 Å². The first-order valence-corrected chi connectivity index (χ1v) is 5.34. The minimum Gasteiger partial charge on any atom is -0.356 e. The summed E-state index contributed by atoms with van der Waals surface area (Å²) in [6.07, 6.45) is 3.49. The predicted molar refractivity (Wildman–Crippen MR) is 61.7 cm³/mol. The Morgan fingerprint density at radius 1 is 1.31 bits per heavy atom. The summed E-state index contributed by atoms with van der Waals surface area (Å²) in [6.45, 7) is 3.92. The lowest BCUT2D eigenvalue weighted by Gasteiger charge is -2.09. The molecule has 2 aromatic rings. The highest BCUT2D eigenvalue weighted by Gasteiger charge is 2.07. The van der Waals surface area contributed by atoms with Crippen LogP contribution >= 0.6 is 0 Å². The van der Waals surface area contributed by atoms with Crippen molar-refractivity contribution in [2.24, 2.45) is 0 Å². The van der Waals surface area contributed by atoms with Gasteiger partial charge in [-0.1, -0.05) is 12.1 Å². The summed E-state index contributed by atoms with van der Waals surface area (Å²) in [5, 5.41) is 4.04. The Morgan fingerprint density at radius 3 is 2.75 bits per heavy atom. The zero-order valence-corrected chi connectivity index (χ0v) is 9.55. The van der Waals surface area contributed by atoms with Crippen molar-refractivity contribution in [3.05, 3.63) is 36.3 Å². The maximum absolute atomic E-state index is 5.29. The molecule has 2 aromatic heterocycles. The highest BCUT2D eigenvalue weighted by molar-refractivity contribution is 5.56. The van der Waals surface area contributed by atoms with Gasteiger partial charge in [-0.3, -0.25) is 4.98 Å². The van der Waals surface area contributed by atoms with Crippen LogP contribution in [0.3, 0.4) is 0 Å². The molecule has 84 valence electrons. The molecule has 0 N–H and O–H groups in total. The van der Waals surface area contributed by atoms with E-state index in [-0.39, 0.29) is 0 Å². The topological polar surface area (TPSA) is 42.2 Å². The Bertz CT molecular complexity index is 439. The summed E-state index contributed by atoms with van der Waals surface area (Å²) >= 11 is 0. The van der Waals surface area contributed by atoms with Gasteiger partial charge in [0.25, 0.3) is 0 Å². The van der Waals surface area contributed by atoms with Gasteiger partial charge in [-0.2, -0.15) is 0 Å². The van der Waals surface area contributed by atoms with Gasteiger partial charge in [-0.15, -0.1) is 0 Å². The van der Waals surface area contributed by atoms with Crippen molar-refractivity contribution in [2.45, 2.75) is 13.5 Å². The number of hydrogen-bond donors (Lipinski definition) is 0. The molecule has 4 nitrogen and oxygen atoms in total. The summed E-state index contributed by atoms with van der Waals surface area (Å²) in [7, 11) is 2.06. The van der Waals surface area contributed by atoms with Crippen LogP contribution in [0.15, 0.2) is 35.1 Å². The second-order valence-electron chi connectivity index (χ2n) is 3.75. The van der Waals surface area contributed by atoms with Crippen molar-refractivity contribution >= 4 is 0 Å². The summed E-state index contributed by atoms with van der Waals surface area (Å²) < 4.78 is 5.29. The maximum Gasteiger partial charge on any atom is 0.167 e. The van der Waals surface area contributed by atoms with Crippen LogP contribution in [0, 0.1) is 0 Å². The van der Waals surface area contributed by atoms with E-state index in [1.807, 2.05) is 18.2 Å². The minimum atomic E-state index is 0.793. The highest BCUT2D eigenvalue weighted by Crippen LogP contribution is 2.19. The number of aromatic nitrogens is 2. The number of hydrogen-bond acceptors (Lipinski definition) is 4. The summed E-state index contributed by atoms with van der Waals surface area (Å²) in [5.74, 6) is 0.793. The van der Waals surface area contributed by atoms with Gasteiger partial charge in [0.15, 0.2) is 5.76 Å². The van der Waals surface area contributed by atoms with E-state index in [2.05, 4.69) is 29.0 Å². The van der Waals surface area contributed by atoms with Gasteiger partial charge in [0.05, 0.1) is 5.69 Å². The molecular weight excluding hydrogens is 202 g/mol. The van der Waals surface area contributed by atoms with Gasteiger partial charge in [-0.05, 0) is 25.7 Å². The minimum absolute atomic E-state index is 0.793. The van der Waals surface area contributed by atoms with E-state index in [0.29, 0.717) is 0 Å². The molecule has 0 aliphatic heterocycles. The SMILES string of the molecule is CCN(C)Cc1cc(-c2ccncc2)on1. The largest absolute Gasteiger partial charge is 0.356 e. The average Bonchev–Trinajstić information content (AvgIpc) is 2.78. The molecule has 0 aliphatic carbocycles. The molecule has 0 radical (unpaired) electrons. The van der Waals surface area contributed by atoms with E-state index in [4.69, 9.17) is 4.52 Å². The molecule has 0 saturated heterocycles. The third kappa shape index (κ3) is 2.46. The Morgan fingerprint density at radius 2 is 2.06 bits per heavy atom. The molecule has 0 spiro atoms. The third-order valence-electron chi connectivity index (χ3n) is 2.50. The van der Waals surface area contributed by atoms with Crippen LogP contribution < -0.4 is 0 Å². The van der Waals surface area contributed by atoms with Gasteiger partial charge >= 0.3 is 0 Å². The molecule has 0 unspecified atom stereocenters. The summed E-state index contributed by atoms with van der Waals surface area (Å²) in [4.78, 5) is 6.14. The van der Waals surface area contributed by atoms with Gasteiger partial charge in [-0.25, -0.2) is 0 Å². The molecule has 0 bridgehead atoms. The lowest BCUT2D eigenvalue weighted by molar-refractivity contribution is 0.327. The van der Waals surface area contributed by atoms with E-state index in [1.54, 1.807) is 12.4 Å². The van der Waals surface area contributed by atoms with Crippen LogP contribution in [0.4, 0.5) is 0 Å². The first kappa shape index (κ1) is 10.8. The molecular formula is C12H15N3O. The second kappa shape index (κ2) is 4.90. The molecule has 4 heteroatoms. The van der Waals surface area contributed by atoms with Gasteiger partial charge in [0.2, 0.25) is 0 Å². The Labute approximate surface area is 94.9 Å². The maximum atomic E-state index is 5.29. The fourth-order valence-corrected chi connectivity index (χ4v) is 1.43. The fourth-order valence-electron chi connectivity index (χ4n) is 1.43. The normalized spacial score (nSPS) is 10.9. The Balaban J connectivity index is 2.14. The van der Waals surface area contributed by atoms with Gasteiger partial charge in [0, 0.05) is 30.6 Å². The number of nitrogens with zero attached hydrogens (tertiary/aromatic N) is 3. The van der Waals surface area contributed by atoms with Crippen molar-refractivity contribution in [2.75, 3.05) is 13.6 Å². The molecule has 0 atom stereocenters. The molecule has 0 saturated carbocycles. The van der Waals surface area contributed by atoms with E-state index < -0.39 is 0 Å². The molecule has 0 aromatic carbocycles. The van der Waals surface area contributed by atoms with Crippen molar-refractivity contribution in [3.63, 3.8) is 0 Å². The Kier molecular flexibility index (Phi) is 3.31. The van der Waals surface area contributed by atoms with Crippen molar-refractivity contribution in [1.82, 2.24) is 15.0 Å². The highest BCUT2D eigenvalue weighted by atomic mass is 16.5. The number of rotatable bonds is 4. The molecule has 0 aliphatic rings. The van der Waals surface area contributed by atoms with Gasteiger partial charge < -0.3 is 9.42 Å². The summed E-state index contributed by atoms with van der Waals surface area (Å²) in [5.41, 5.74) is 1.96. The molecule has 2 rings (SSSR count). The second-order valence-corrected chi connectivity index (χ2v) is 3.75. The zero-order chi connectivity index (χ0) is 11.4. The smallest absolute Gasteiger partial charge is 0.167 e. The summed E-state index contributed by atoms with van der Waals surface area (Å²) in [6, 6.07) is 5.79. The predicted octanol–water partition coefficient (Wildman–Crippen LogP) is 2.19. The van der Waals surface area contributed by atoms with Crippen LogP contribution in [-0.2, 0) is 6.54 Å². The van der Waals surface area contributed by atoms with Crippen LogP contribution in [-0.4, -0.2) is 28.6 Å². The van der Waals surface area contributed by atoms with E-state index in [9.17, 15) is 0 Å². The number of pyridine rings is 1. The van der Waals surface area contributed by atoms with E-state index >= 15 is 0 Å². The average molecular weight is 217 g/mol. The molecule has 16 heavy (non-hydrogen) atoms. The quantitative estimate of drug-likeness (QED) is 0.787. The molecule has 2 heterocycles. The zero-order valence-electron chi connectivity index (χ0n) is 9.55. The fraction of sp³-hybridized carbons (Fsp3) is 0.333. The standard InChI is InChI=1S/C12H15N3O/c1-3-15(2)9-11-8-12(16-14-11)10-4-6-13-7-5-10/h4-8H,3,9H2,1-2H3. The molecule has 0 fully saturated rings.